The summed E-state index contributed by atoms with van der Waals surface area (Å²) in [4.78, 5) is 12.4. The highest BCUT2D eigenvalue weighted by molar-refractivity contribution is 5.65. The van der Waals surface area contributed by atoms with Gasteiger partial charge in [-0.05, 0) is 23.6 Å². The summed E-state index contributed by atoms with van der Waals surface area (Å²) in [6.07, 6.45) is 3.59. The van der Waals surface area contributed by atoms with Gasteiger partial charge in [-0.2, -0.15) is 0 Å². The van der Waals surface area contributed by atoms with Crippen molar-refractivity contribution in [2.24, 2.45) is 5.11 Å². The number of nitro benzene ring substituents is 1. The maximum Gasteiger partial charge on any atom is 0.295 e. The molecule has 7 nitrogen and oxygen atoms in total. The van der Waals surface area contributed by atoms with Gasteiger partial charge in [0.1, 0.15) is 5.69 Å². The highest BCUT2D eigenvalue weighted by Gasteiger charge is 2.16. The number of rotatable bonds is 5. The van der Waals surface area contributed by atoms with E-state index in [4.69, 9.17) is 11.3 Å². The Hall–Kier alpha value is -2.60. The average Bonchev–Trinajstić information content (AvgIpc) is 2.32. The Balaban J connectivity index is 2.90. The first-order chi connectivity index (χ1) is 8.56. The lowest BCUT2D eigenvalue weighted by molar-refractivity contribution is -0.384. The lowest BCUT2D eigenvalue weighted by Crippen LogP contribution is -1.99. The molecule has 0 spiro atoms. The van der Waals surface area contributed by atoms with Gasteiger partial charge in [0.25, 0.3) is 5.69 Å². The van der Waals surface area contributed by atoms with E-state index >= 15 is 0 Å². The fourth-order valence-electron chi connectivity index (χ4n) is 1.27. The number of anilines is 1. The molecule has 0 fully saturated rings. The third kappa shape index (κ3) is 3.46. The zero-order chi connectivity index (χ0) is 13.5. The first-order valence-corrected chi connectivity index (χ1v) is 4.97. The molecule has 0 aromatic heterocycles. The van der Waals surface area contributed by atoms with Gasteiger partial charge in [0.05, 0.1) is 4.92 Å². The third-order valence-electron chi connectivity index (χ3n) is 2.10. The van der Waals surface area contributed by atoms with Gasteiger partial charge in [-0.1, -0.05) is 17.3 Å². The summed E-state index contributed by atoms with van der Waals surface area (Å²) in [5.41, 5.74) is 12.7. The van der Waals surface area contributed by atoms with E-state index in [-0.39, 0.29) is 6.54 Å². The molecule has 0 heterocycles. The molecule has 1 aromatic carbocycles. The van der Waals surface area contributed by atoms with Crippen molar-refractivity contribution >= 4 is 17.5 Å². The Morgan fingerprint density at radius 1 is 1.61 bits per heavy atom. The molecule has 0 amide bonds. The van der Waals surface area contributed by atoms with Crippen LogP contribution in [0.15, 0.2) is 23.3 Å². The largest absolute Gasteiger partial charge is 0.391 e. The number of nitrogens with two attached hydrogens (primary N) is 1. The molecule has 94 valence electrons. The van der Waals surface area contributed by atoms with Crippen LogP contribution < -0.4 is 5.73 Å². The van der Waals surface area contributed by atoms with Crippen molar-refractivity contribution in [2.75, 3.05) is 12.3 Å². The van der Waals surface area contributed by atoms with Crippen molar-refractivity contribution in [3.05, 3.63) is 50.1 Å². The molecule has 0 unspecified atom stereocenters. The van der Waals surface area contributed by atoms with Crippen molar-refractivity contribution in [3.8, 4) is 0 Å². The summed E-state index contributed by atoms with van der Waals surface area (Å²) in [5, 5.41) is 13.9. The van der Waals surface area contributed by atoms with Gasteiger partial charge in [-0.25, -0.2) is 4.39 Å². The second kappa shape index (κ2) is 6.21. The molecule has 0 radical (unpaired) electrons. The quantitative estimate of drug-likeness (QED) is 0.165. The van der Waals surface area contributed by atoms with Crippen LogP contribution in [0.5, 0.6) is 0 Å². The molecule has 1 aromatic rings. The minimum Gasteiger partial charge on any atom is -0.391 e. The van der Waals surface area contributed by atoms with Crippen LogP contribution in [0.25, 0.3) is 16.5 Å². The molecule has 0 saturated carbocycles. The Labute approximate surface area is 101 Å². The molecule has 8 heteroatoms. The van der Waals surface area contributed by atoms with E-state index in [9.17, 15) is 14.5 Å². The topological polar surface area (TPSA) is 118 Å². The van der Waals surface area contributed by atoms with E-state index in [1.54, 1.807) is 6.08 Å². The molecule has 0 bridgehead atoms. The second-order valence-corrected chi connectivity index (χ2v) is 3.34. The summed E-state index contributed by atoms with van der Waals surface area (Å²) in [5.74, 6) is -0.834. The lowest BCUT2D eigenvalue weighted by Gasteiger charge is -2.00. The highest BCUT2D eigenvalue weighted by atomic mass is 19.1. The number of hydrogen-bond acceptors (Lipinski definition) is 4. The molecule has 18 heavy (non-hydrogen) atoms. The molecule has 0 saturated heterocycles. The monoisotopic (exact) mass is 251 g/mol. The molecule has 0 aliphatic carbocycles. The van der Waals surface area contributed by atoms with Crippen LogP contribution in [-0.2, 0) is 0 Å². The number of nitro groups is 1. The number of nitrogen functional groups attached to an aromatic ring is 1. The molecule has 1 rings (SSSR count). The van der Waals surface area contributed by atoms with E-state index < -0.39 is 22.1 Å². The van der Waals surface area contributed by atoms with Crippen LogP contribution >= 0.6 is 0 Å². The SMILES string of the molecule is [N-]=[N+]=NCCC=Cc1cc(F)c(N)c([N+](=O)[O-])c1. The van der Waals surface area contributed by atoms with Gasteiger partial charge in [-0.3, -0.25) is 10.1 Å². The van der Waals surface area contributed by atoms with Gasteiger partial charge in [0.2, 0.25) is 0 Å². The van der Waals surface area contributed by atoms with Gasteiger partial charge in [0, 0.05) is 17.5 Å². The van der Waals surface area contributed by atoms with Gasteiger partial charge >= 0.3 is 0 Å². The Kier molecular flexibility index (Phi) is 4.65. The summed E-state index contributed by atoms with van der Waals surface area (Å²) in [6, 6.07) is 2.29. The molecule has 0 aliphatic rings. The van der Waals surface area contributed by atoms with E-state index in [1.165, 1.54) is 12.1 Å². The normalized spacial score (nSPS) is 10.3. The summed E-state index contributed by atoms with van der Waals surface area (Å²) in [7, 11) is 0. The summed E-state index contributed by atoms with van der Waals surface area (Å²) < 4.78 is 13.3. The number of halogens is 1. The summed E-state index contributed by atoms with van der Waals surface area (Å²) in [6.45, 7) is 0.270. The van der Waals surface area contributed by atoms with Crippen LogP contribution in [-0.4, -0.2) is 11.5 Å². The van der Waals surface area contributed by atoms with Crippen LogP contribution in [0.2, 0.25) is 0 Å². The minimum absolute atomic E-state index is 0.270. The Bertz CT molecular complexity index is 537. The number of azide groups is 1. The van der Waals surface area contributed by atoms with E-state index in [2.05, 4.69) is 10.0 Å². The Morgan fingerprint density at radius 3 is 2.94 bits per heavy atom. The zero-order valence-corrected chi connectivity index (χ0v) is 9.28. The van der Waals surface area contributed by atoms with Gasteiger partial charge < -0.3 is 5.73 Å². The number of nitrogens with zero attached hydrogens (tertiary/aromatic N) is 4. The fraction of sp³-hybridized carbons (Fsp3) is 0.200. The predicted octanol–water partition coefficient (Wildman–Crippen LogP) is 3.03. The second-order valence-electron chi connectivity index (χ2n) is 3.34. The third-order valence-corrected chi connectivity index (χ3v) is 2.10. The smallest absolute Gasteiger partial charge is 0.295 e. The molecular formula is C10H10FN5O2. The number of hydrogen-bond donors (Lipinski definition) is 1. The molecular weight excluding hydrogens is 241 g/mol. The van der Waals surface area contributed by atoms with Crippen molar-refractivity contribution in [1.82, 2.24) is 0 Å². The standard InChI is InChI=1S/C10H10FN5O2/c11-8-5-7(3-1-2-4-14-15-13)6-9(10(8)12)16(17)18/h1,3,5-6H,2,4,12H2. The van der Waals surface area contributed by atoms with Crippen molar-refractivity contribution in [3.63, 3.8) is 0 Å². The first-order valence-electron chi connectivity index (χ1n) is 4.97. The minimum atomic E-state index is -0.834. The maximum absolute atomic E-state index is 13.3. The van der Waals surface area contributed by atoms with Crippen LogP contribution in [0.4, 0.5) is 15.8 Å². The first kappa shape index (κ1) is 13.5. The van der Waals surface area contributed by atoms with Crippen LogP contribution in [0.3, 0.4) is 0 Å². The van der Waals surface area contributed by atoms with Gasteiger partial charge in [-0.15, -0.1) is 0 Å². The van der Waals surface area contributed by atoms with Crippen molar-refractivity contribution in [1.29, 1.82) is 0 Å². The summed E-state index contributed by atoms with van der Waals surface area (Å²) >= 11 is 0. The average molecular weight is 251 g/mol. The Morgan fingerprint density at radius 2 is 2.33 bits per heavy atom. The van der Waals surface area contributed by atoms with Crippen molar-refractivity contribution in [2.45, 2.75) is 6.42 Å². The van der Waals surface area contributed by atoms with Crippen LogP contribution in [0, 0.1) is 15.9 Å². The predicted molar refractivity (Wildman–Crippen MR) is 65.1 cm³/mol. The molecule has 0 atom stereocenters. The fourth-order valence-corrected chi connectivity index (χ4v) is 1.27. The van der Waals surface area contributed by atoms with E-state index in [0.29, 0.717) is 12.0 Å². The van der Waals surface area contributed by atoms with Crippen molar-refractivity contribution < 1.29 is 9.31 Å². The zero-order valence-electron chi connectivity index (χ0n) is 9.28. The van der Waals surface area contributed by atoms with E-state index in [1.807, 2.05) is 0 Å². The molecule has 2 N–H and O–H groups in total. The van der Waals surface area contributed by atoms with Crippen LogP contribution in [0.1, 0.15) is 12.0 Å². The number of benzene rings is 1. The molecule has 0 aliphatic heterocycles. The van der Waals surface area contributed by atoms with E-state index in [0.717, 1.165) is 6.07 Å². The van der Waals surface area contributed by atoms with Gasteiger partial charge in [0.15, 0.2) is 5.82 Å². The highest BCUT2D eigenvalue weighted by Crippen LogP contribution is 2.26. The maximum atomic E-state index is 13.3. The lowest BCUT2D eigenvalue weighted by atomic mass is 10.1.